The molecule has 0 saturated carbocycles. The smallest absolute Gasteiger partial charge is 0.257 e. The zero-order chi connectivity index (χ0) is 12.7. The van der Waals surface area contributed by atoms with E-state index in [1.807, 2.05) is 6.92 Å². The third kappa shape index (κ3) is 3.75. The molecule has 0 atom stereocenters. The van der Waals surface area contributed by atoms with E-state index >= 15 is 0 Å². The number of furan rings is 1. The number of halogens is 1. The minimum absolute atomic E-state index is 0.0479. The van der Waals surface area contributed by atoms with Crippen molar-refractivity contribution in [2.24, 2.45) is 0 Å². The zero-order valence-corrected chi connectivity index (χ0v) is 11.0. The van der Waals surface area contributed by atoms with Crippen LogP contribution in [0.4, 0.5) is 0 Å². The molecule has 1 aromatic heterocycles. The van der Waals surface area contributed by atoms with Crippen LogP contribution in [0.2, 0.25) is 0 Å². The van der Waals surface area contributed by atoms with Crippen molar-refractivity contribution in [2.45, 2.75) is 13.3 Å². The van der Waals surface area contributed by atoms with Crippen molar-refractivity contribution in [3.8, 4) is 0 Å². The van der Waals surface area contributed by atoms with Crippen LogP contribution in [-0.2, 0) is 11.2 Å². The van der Waals surface area contributed by atoms with Gasteiger partial charge in [0.15, 0.2) is 0 Å². The molecule has 96 valence electrons. The number of hydrogen-bond acceptors (Lipinski definition) is 3. The number of methoxy groups -OCH3 is 1. The van der Waals surface area contributed by atoms with Crippen LogP contribution in [0.25, 0.3) is 0 Å². The maximum absolute atomic E-state index is 12.2. The molecule has 1 rings (SSSR count). The molecule has 0 saturated heterocycles. The zero-order valence-electron chi connectivity index (χ0n) is 10.2. The van der Waals surface area contributed by atoms with Gasteiger partial charge in [0.2, 0.25) is 0 Å². The van der Waals surface area contributed by atoms with E-state index in [2.05, 4.69) is 0 Å². The molecular weight excluding hydrogens is 242 g/mol. The number of nitrogens with zero attached hydrogens (tertiary/aromatic N) is 1. The van der Waals surface area contributed by atoms with Gasteiger partial charge in [-0.25, -0.2) is 0 Å². The number of rotatable bonds is 7. The molecule has 4 nitrogen and oxygen atoms in total. The molecule has 0 bridgehead atoms. The lowest BCUT2D eigenvalue weighted by Crippen LogP contribution is -2.35. The van der Waals surface area contributed by atoms with Gasteiger partial charge in [-0.1, -0.05) is 6.92 Å². The maximum Gasteiger partial charge on any atom is 0.257 e. The Morgan fingerprint density at radius 2 is 2.29 bits per heavy atom. The molecule has 0 aliphatic carbocycles. The van der Waals surface area contributed by atoms with Gasteiger partial charge < -0.3 is 14.1 Å². The van der Waals surface area contributed by atoms with Gasteiger partial charge in [-0.2, -0.15) is 0 Å². The van der Waals surface area contributed by atoms with Crippen LogP contribution in [0.1, 0.15) is 23.0 Å². The normalized spacial score (nSPS) is 10.5. The quantitative estimate of drug-likeness (QED) is 0.705. The van der Waals surface area contributed by atoms with Gasteiger partial charge in [0, 0.05) is 32.5 Å². The molecule has 0 aliphatic rings. The summed E-state index contributed by atoms with van der Waals surface area (Å²) in [4.78, 5) is 13.9. The Kier molecular flexibility index (Phi) is 6.08. The lowest BCUT2D eigenvalue weighted by atomic mass is 10.2. The van der Waals surface area contributed by atoms with Gasteiger partial charge in [0.1, 0.15) is 5.76 Å². The highest BCUT2D eigenvalue weighted by molar-refractivity contribution is 6.18. The monoisotopic (exact) mass is 259 g/mol. The minimum atomic E-state index is -0.0479. The summed E-state index contributed by atoms with van der Waals surface area (Å²) in [6.07, 6.45) is 2.24. The summed E-state index contributed by atoms with van der Waals surface area (Å²) < 4.78 is 10.2. The topological polar surface area (TPSA) is 42.7 Å². The Morgan fingerprint density at radius 3 is 2.88 bits per heavy atom. The first-order valence-corrected chi connectivity index (χ1v) is 6.18. The van der Waals surface area contributed by atoms with E-state index in [1.165, 1.54) is 0 Å². The lowest BCUT2D eigenvalue weighted by molar-refractivity contribution is 0.0705. The van der Waals surface area contributed by atoms with Crippen LogP contribution in [0.15, 0.2) is 16.7 Å². The van der Waals surface area contributed by atoms with E-state index in [0.29, 0.717) is 43.3 Å². The molecule has 0 N–H and O–H groups in total. The lowest BCUT2D eigenvalue weighted by Gasteiger charge is -2.21. The third-order valence-electron chi connectivity index (χ3n) is 2.50. The molecule has 0 spiro atoms. The molecule has 1 aromatic rings. The average Bonchev–Trinajstić information content (AvgIpc) is 2.81. The largest absolute Gasteiger partial charge is 0.469 e. The van der Waals surface area contributed by atoms with Gasteiger partial charge in [-0.3, -0.25) is 4.79 Å². The molecule has 0 fully saturated rings. The molecule has 0 aliphatic heterocycles. The number of aryl methyl sites for hydroxylation is 1. The van der Waals surface area contributed by atoms with E-state index in [1.54, 1.807) is 24.3 Å². The Hall–Kier alpha value is -1.00. The minimum Gasteiger partial charge on any atom is -0.469 e. The first kappa shape index (κ1) is 14.1. The first-order chi connectivity index (χ1) is 8.24. The molecule has 1 amide bonds. The summed E-state index contributed by atoms with van der Waals surface area (Å²) in [5.41, 5.74) is 0.619. The SMILES string of the molecule is CCc1occc1C(=O)N(CCCl)CCOC. The Balaban J connectivity index is 2.76. The van der Waals surface area contributed by atoms with Gasteiger partial charge in [-0.15, -0.1) is 11.6 Å². The fourth-order valence-electron chi connectivity index (χ4n) is 1.59. The van der Waals surface area contributed by atoms with Crippen molar-refractivity contribution in [2.75, 3.05) is 32.7 Å². The average molecular weight is 260 g/mol. The third-order valence-corrected chi connectivity index (χ3v) is 2.67. The van der Waals surface area contributed by atoms with Crippen LogP contribution in [-0.4, -0.2) is 43.5 Å². The highest BCUT2D eigenvalue weighted by Crippen LogP contribution is 2.14. The van der Waals surface area contributed by atoms with E-state index in [0.717, 1.165) is 0 Å². The molecule has 0 radical (unpaired) electrons. The van der Waals surface area contributed by atoms with Gasteiger partial charge in [0.25, 0.3) is 5.91 Å². The van der Waals surface area contributed by atoms with Crippen LogP contribution < -0.4 is 0 Å². The number of ether oxygens (including phenoxy) is 1. The van der Waals surface area contributed by atoms with Crippen molar-refractivity contribution < 1.29 is 13.9 Å². The van der Waals surface area contributed by atoms with E-state index in [-0.39, 0.29) is 5.91 Å². The molecule has 0 aromatic carbocycles. The Labute approximate surface area is 106 Å². The van der Waals surface area contributed by atoms with Crippen molar-refractivity contribution in [1.82, 2.24) is 4.90 Å². The van der Waals surface area contributed by atoms with Gasteiger partial charge in [0.05, 0.1) is 18.4 Å². The summed E-state index contributed by atoms with van der Waals surface area (Å²) in [6.45, 7) is 3.51. The number of carbonyl (C=O) groups is 1. The fourth-order valence-corrected chi connectivity index (χ4v) is 1.80. The van der Waals surface area contributed by atoms with E-state index in [4.69, 9.17) is 20.8 Å². The van der Waals surface area contributed by atoms with Crippen LogP contribution in [0.3, 0.4) is 0 Å². The van der Waals surface area contributed by atoms with Crippen molar-refractivity contribution >= 4 is 17.5 Å². The highest BCUT2D eigenvalue weighted by Gasteiger charge is 2.19. The summed E-state index contributed by atoms with van der Waals surface area (Å²) in [7, 11) is 1.61. The summed E-state index contributed by atoms with van der Waals surface area (Å²) in [6, 6.07) is 1.70. The van der Waals surface area contributed by atoms with E-state index < -0.39 is 0 Å². The van der Waals surface area contributed by atoms with Gasteiger partial charge >= 0.3 is 0 Å². The number of amides is 1. The second kappa shape index (κ2) is 7.35. The molecule has 0 unspecified atom stereocenters. The summed E-state index contributed by atoms with van der Waals surface area (Å²) in [5, 5.41) is 0. The summed E-state index contributed by atoms with van der Waals surface area (Å²) >= 11 is 5.70. The fraction of sp³-hybridized carbons (Fsp3) is 0.583. The first-order valence-electron chi connectivity index (χ1n) is 5.65. The standard InChI is InChI=1S/C12H18ClNO3/c1-3-11-10(4-8-17-11)12(15)14(6-5-13)7-9-16-2/h4,8H,3,5-7,9H2,1-2H3. The van der Waals surface area contributed by atoms with Gasteiger partial charge in [-0.05, 0) is 6.07 Å². The number of carbonyl (C=O) groups excluding carboxylic acids is 1. The van der Waals surface area contributed by atoms with E-state index in [9.17, 15) is 4.79 Å². The van der Waals surface area contributed by atoms with Crippen LogP contribution >= 0.6 is 11.6 Å². The molecular formula is C12H18ClNO3. The predicted molar refractivity (Wildman–Crippen MR) is 66.6 cm³/mol. The highest BCUT2D eigenvalue weighted by atomic mass is 35.5. The maximum atomic E-state index is 12.2. The molecule has 5 heteroatoms. The Bertz CT molecular complexity index is 351. The molecule has 1 heterocycles. The van der Waals surface area contributed by atoms with Crippen molar-refractivity contribution in [3.05, 3.63) is 23.7 Å². The second-order valence-corrected chi connectivity index (χ2v) is 3.96. The summed E-state index contributed by atoms with van der Waals surface area (Å²) in [5.74, 6) is 1.08. The van der Waals surface area contributed by atoms with Crippen molar-refractivity contribution in [1.29, 1.82) is 0 Å². The predicted octanol–water partition coefficient (Wildman–Crippen LogP) is 2.17. The van der Waals surface area contributed by atoms with Crippen molar-refractivity contribution in [3.63, 3.8) is 0 Å². The number of alkyl halides is 1. The Morgan fingerprint density at radius 1 is 1.53 bits per heavy atom. The number of hydrogen-bond donors (Lipinski definition) is 0. The second-order valence-electron chi connectivity index (χ2n) is 3.58. The van der Waals surface area contributed by atoms with Crippen LogP contribution in [0.5, 0.6) is 0 Å². The molecule has 17 heavy (non-hydrogen) atoms. The van der Waals surface area contributed by atoms with Crippen LogP contribution in [0, 0.1) is 0 Å².